The number of hydrogen-bond donors (Lipinski definition) is 1. The molecule has 0 aliphatic carbocycles. The summed E-state index contributed by atoms with van der Waals surface area (Å²) in [4.78, 5) is 26.1. The van der Waals surface area contributed by atoms with Crippen LogP contribution in [0.3, 0.4) is 0 Å². The van der Waals surface area contributed by atoms with Gasteiger partial charge in [0.1, 0.15) is 5.82 Å². The Hall–Kier alpha value is -2.18. The molecule has 1 amide bonds. The average Bonchev–Trinajstić information content (AvgIpc) is 2.79. The van der Waals surface area contributed by atoms with Crippen LogP contribution >= 0.6 is 11.6 Å². The van der Waals surface area contributed by atoms with Gasteiger partial charge in [0.2, 0.25) is 5.91 Å². The Morgan fingerprint density at radius 2 is 2.00 bits per heavy atom. The fourth-order valence-corrected chi connectivity index (χ4v) is 4.52. The molecule has 2 aromatic rings. The van der Waals surface area contributed by atoms with Crippen molar-refractivity contribution >= 4 is 23.3 Å². The molecule has 0 unspecified atom stereocenters. The highest BCUT2D eigenvalue weighted by Crippen LogP contribution is 2.26. The van der Waals surface area contributed by atoms with Gasteiger partial charge in [-0.25, -0.2) is 4.98 Å². The van der Waals surface area contributed by atoms with Crippen molar-refractivity contribution in [3.05, 3.63) is 53.4 Å². The van der Waals surface area contributed by atoms with E-state index in [9.17, 15) is 4.79 Å². The van der Waals surface area contributed by atoms with Gasteiger partial charge in [-0.05, 0) is 56.0 Å². The zero-order valence-electron chi connectivity index (χ0n) is 16.6. The third-order valence-corrected chi connectivity index (χ3v) is 6.25. The monoisotopic (exact) mass is 413 g/mol. The number of rotatable bonds is 5. The van der Waals surface area contributed by atoms with Crippen molar-refractivity contribution in [3.8, 4) is 0 Å². The SMILES string of the molecule is O=C(NCc1cccnc1)[C@H]1CCCN(C2CCN(c3ccc(Cl)cn3)CC2)C1. The maximum atomic E-state index is 12.7. The Kier molecular flexibility index (Phi) is 6.62. The van der Waals surface area contributed by atoms with E-state index in [0.717, 1.165) is 63.2 Å². The summed E-state index contributed by atoms with van der Waals surface area (Å²) >= 11 is 5.95. The van der Waals surface area contributed by atoms with E-state index in [1.165, 1.54) is 0 Å². The van der Waals surface area contributed by atoms with Gasteiger partial charge in [-0.1, -0.05) is 17.7 Å². The predicted octanol–water partition coefficient (Wildman–Crippen LogP) is 3.13. The summed E-state index contributed by atoms with van der Waals surface area (Å²) in [6.07, 6.45) is 9.53. The van der Waals surface area contributed by atoms with Crippen molar-refractivity contribution in [2.45, 2.75) is 38.3 Å². The van der Waals surface area contributed by atoms with E-state index in [-0.39, 0.29) is 11.8 Å². The molecule has 2 saturated heterocycles. The maximum Gasteiger partial charge on any atom is 0.224 e. The van der Waals surface area contributed by atoms with Gasteiger partial charge in [0, 0.05) is 50.8 Å². The zero-order valence-corrected chi connectivity index (χ0v) is 17.4. The van der Waals surface area contributed by atoms with Crippen LogP contribution in [0.5, 0.6) is 0 Å². The summed E-state index contributed by atoms with van der Waals surface area (Å²) in [7, 11) is 0. The summed E-state index contributed by atoms with van der Waals surface area (Å²) in [6, 6.07) is 8.33. The molecule has 0 radical (unpaired) electrons. The largest absolute Gasteiger partial charge is 0.357 e. The van der Waals surface area contributed by atoms with Crippen LogP contribution in [0.15, 0.2) is 42.9 Å². The first-order chi connectivity index (χ1) is 14.2. The molecule has 4 heterocycles. The number of likely N-dealkylation sites (tertiary alicyclic amines) is 1. The zero-order chi connectivity index (χ0) is 20.1. The van der Waals surface area contributed by atoms with Crippen LogP contribution in [-0.4, -0.2) is 53.0 Å². The quantitative estimate of drug-likeness (QED) is 0.815. The van der Waals surface area contributed by atoms with E-state index in [2.05, 4.69) is 25.1 Å². The molecule has 0 bridgehead atoms. The highest BCUT2D eigenvalue weighted by atomic mass is 35.5. The summed E-state index contributed by atoms with van der Waals surface area (Å²) in [5, 5.41) is 3.76. The molecule has 2 aromatic heterocycles. The Labute approximate surface area is 177 Å². The van der Waals surface area contributed by atoms with Gasteiger partial charge in [0.15, 0.2) is 0 Å². The molecule has 1 atom stereocenters. The second kappa shape index (κ2) is 9.55. The van der Waals surface area contributed by atoms with E-state index >= 15 is 0 Å². The number of piperidine rings is 2. The molecule has 2 aliphatic heterocycles. The van der Waals surface area contributed by atoms with Crippen LogP contribution in [0, 0.1) is 5.92 Å². The lowest BCUT2D eigenvalue weighted by atomic mass is 9.93. The lowest BCUT2D eigenvalue weighted by molar-refractivity contribution is -0.127. The van der Waals surface area contributed by atoms with E-state index in [4.69, 9.17) is 11.6 Å². The number of nitrogens with one attached hydrogen (secondary N) is 1. The number of nitrogens with zero attached hydrogens (tertiary/aromatic N) is 4. The van der Waals surface area contributed by atoms with Crippen molar-refractivity contribution in [2.24, 2.45) is 5.92 Å². The molecule has 0 saturated carbocycles. The van der Waals surface area contributed by atoms with Gasteiger partial charge in [0.25, 0.3) is 0 Å². The first-order valence-electron chi connectivity index (χ1n) is 10.5. The molecule has 1 N–H and O–H groups in total. The van der Waals surface area contributed by atoms with Crippen LogP contribution < -0.4 is 10.2 Å². The van der Waals surface area contributed by atoms with Crippen molar-refractivity contribution in [3.63, 3.8) is 0 Å². The van der Waals surface area contributed by atoms with Crippen LogP contribution in [0.1, 0.15) is 31.2 Å². The van der Waals surface area contributed by atoms with E-state index in [0.29, 0.717) is 17.6 Å². The molecule has 0 aromatic carbocycles. The van der Waals surface area contributed by atoms with Crippen molar-refractivity contribution in [1.82, 2.24) is 20.2 Å². The average molecular weight is 414 g/mol. The smallest absolute Gasteiger partial charge is 0.224 e. The molecule has 2 aliphatic rings. The topological polar surface area (TPSA) is 61.4 Å². The lowest BCUT2D eigenvalue weighted by Crippen LogP contribution is -2.50. The highest BCUT2D eigenvalue weighted by molar-refractivity contribution is 6.30. The Morgan fingerprint density at radius 1 is 1.14 bits per heavy atom. The Bertz CT molecular complexity index is 793. The molecule has 29 heavy (non-hydrogen) atoms. The number of carbonyl (C=O) groups excluding carboxylic acids is 1. The number of carbonyl (C=O) groups is 1. The fourth-order valence-electron chi connectivity index (χ4n) is 4.40. The minimum absolute atomic E-state index is 0.0800. The van der Waals surface area contributed by atoms with Crippen LogP contribution in [-0.2, 0) is 11.3 Å². The normalized spacial score (nSPS) is 21.1. The van der Waals surface area contributed by atoms with Crippen molar-refractivity contribution in [2.75, 3.05) is 31.1 Å². The molecule has 4 rings (SSSR count). The van der Waals surface area contributed by atoms with Gasteiger partial charge in [-0.3, -0.25) is 14.7 Å². The van der Waals surface area contributed by atoms with Gasteiger partial charge < -0.3 is 10.2 Å². The highest BCUT2D eigenvalue weighted by Gasteiger charge is 2.31. The third-order valence-electron chi connectivity index (χ3n) is 6.03. The molecule has 7 heteroatoms. The molecular formula is C22H28ClN5O. The molecule has 154 valence electrons. The maximum absolute atomic E-state index is 12.7. The molecule has 2 fully saturated rings. The lowest BCUT2D eigenvalue weighted by Gasteiger charge is -2.42. The van der Waals surface area contributed by atoms with E-state index < -0.39 is 0 Å². The molecule has 6 nitrogen and oxygen atoms in total. The standard InChI is InChI=1S/C22H28ClN5O/c23-19-5-6-21(25-15-19)27-11-7-20(8-12-27)28-10-2-4-18(16-28)22(29)26-14-17-3-1-9-24-13-17/h1,3,5-6,9,13,15,18,20H,2,4,7-8,10-12,14,16H2,(H,26,29)/t18-/m0/s1. The first-order valence-corrected chi connectivity index (χ1v) is 10.8. The number of aromatic nitrogens is 2. The fraction of sp³-hybridized carbons (Fsp3) is 0.500. The Balaban J connectivity index is 1.26. The van der Waals surface area contributed by atoms with Gasteiger partial charge in [-0.15, -0.1) is 0 Å². The minimum atomic E-state index is 0.0800. The minimum Gasteiger partial charge on any atom is -0.357 e. The number of anilines is 1. The Morgan fingerprint density at radius 3 is 2.72 bits per heavy atom. The number of halogens is 1. The van der Waals surface area contributed by atoms with Gasteiger partial charge in [-0.2, -0.15) is 0 Å². The first kappa shape index (κ1) is 20.1. The van der Waals surface area contributed by atoms with E-state index in [1.807, 2.05) is 24.3 Å². The van der Waals surface area contributed by atoms with Crippen LogP contribution in [0.4, 0.5) is 5.82 Å². The van der Waals surface area contributed by atoms with Crippen molar-refractivity contribution < 1.29 is 4.79 Å². The van der Waals surface area contributed by atoms with Crippen LogP contribution in [0.2, 0.25) is 5.02 Å². The van der Waals surface area contributed by atoms with E-state index in [1.54, 1.807) is 18.6 Å². The van der Waals surface area contributed by atoms with Gasteiger partial charge >= 0.3 is 0 Å². The number of hydrogen-bond acceptors (Lipinski definition) is 5. The predicted molar refractivity (Wildman–Crippen MR) is 115 cm³/mol. The second-order valence-corrected chi connectivity index (χ2v) is 8.40. The number of amides is 1. The van der Waals surface area contributed by atoms with Crippen molar-refractivity contribution in [1.29, 1.82) is 0 Å². The van der Waals surface area contributed by atoms with Crippen LogP contribution in [0.25, 0.3) is 0 Å². The third kappa shape index (κ3) is 5.25. The second-order valence-electron chi connectivity index (χ2n) is 7.97. The summed E-state index contributed by atoms with van der Waals surface area (Å²) < 4.78 is 0. The summed E-state index contributed by atoms with van der Waals surface area (Å²) in [6.45, 7) is 4.50. The summed E-state index contributed by atoms with van der Waals surface area (Å²) in [5.41, 5.74) is 1.04. The number of pyridine rings is 2. The molecule has 0 spiro atoms. The summed E-state index contributed by atoms with van der Waals surface area (Å²) in [5.74, 6) is 1.25. The molecular weight excluding hydrogens is 386 g/mol. The van der Waals surface area contributed by atoms with Gasteiger partial charge in [0.05, 0.1) is 10.9 Å².